The van der Waals surface area contributed by atoms with Gasteiger partial charge in [-0.15, -0.1) is 11.8 Å². The first kappa shape index (κ1) is 29.5. The molecule has 0 aliphatic carbocycles. The van der Waals surface area contributed by atoms with Crippen molar-refractivity contribution in [3.05, 3.63) is 78.4 Å². The topological polar surface area (TPSA) is 96.0 Å². The fraction of sp³-hybridized carbons (Fsp3) is 0.333. The molecule has 8 nitrogen and oxygen atoms in total. The van der Waals surface area contributed by atoms with Gasteiger partial charge in [-0.1, -0.05) is 37.1 Å². The Morgan fingerprint density at radius 1 is 0.925 bits per heavy atom. The SMILES string of the molecule is CCOc1ccccc1N(CC(=O)Nc1ccccc1C(=O)N1CCCCCC1)S(=O)(=O)c1ccc(SC)cc1. The Morgan fingerprint density at radius 3 is 2.25 bits per heavy atom. The van der Waals surface area contributed by atoms with Gasteiger partial charge in [-0.05, 0) is 74.6 Å². The standard InChI is InChI=1S/C30H35N3O5S2/c1-3-38-28-15-9-8-14-27(28)33(40(36,37)24-18-16-23(39-2)17-19-24)22-29(34)31-26-13-7-6-12-25(26)30(35)32-20-10-4-5-11-21-32/h6-9,12-19H,3-5,10-11,20-22H2,1-2H3,(H,31,34). The smallest absolute Gasteiger partial charge is 0.264 e. The van der Waals surface area contributed by atoms with E-state index in [0.29, 0.717) is 36.7 Å². The zero-order chi connectivity index (χ0) is 28.5. The van der Waals surface area contributed by atoms with Crippen LogP contribution in [0.15, 0.2) is 82.6 Å². The third kappa shape index (κ3) is 6.98. The van der Waals surface area contributed by atoms with Gasteiger partial charge in [0.2, 0.25) is 5.91 Å². The van der Waals surface area contributed by atoms with Crippen molar-refractivity contribution in [2.24, 2.45) is 0 Å². The number of carbonyl (C=O) groups is 2. The minimum absolute atomic E-state index is 0.0566. The molecule has 0 bridgehead atoms. The van der Waals surface area contributed by atoms with E-state index in [1.165, 1.54) is 23.9 Å². The van der Waals surface area contributed by atoms with Crippen LogP contribution < -0.4 is 14.4 Å². The lowest BCUT2D eigenvalue weighted by Crippen LogP contribution is -2.39. The molecule has 4 rings (SSSR count). The van der Waals surface area contributed by atoms with Crippen LogP contribution in [0.3, 0.4) is 0 Å². The van der Waals surface area contributed by atoms with Crippen LogP contribution in [0.1, 0.15) is 43.0 Å². The molecule has 0 saturated carbocycles. The zero-order valence-corrected chi connectivity index (χ0v) is 24.5. The second kappa shape index (κ2) is 13.7. The third-order valence-electron chi connectivity index (χ3n) is 6.69. The van der Waals surface area contributed by atoms with Crippen molar-refractivity contribution in [2.45, 2.75) is 42.4 Å². The molecule has 10 heteroatoms. The van der Waals surface area contributed by atoms with Crippen molar-refractivity contribution in [1.29, 1.82) is 0 Å². The maximum Gasteiger partial charge on any atom is 0.264 e. The van der Waals surface area contributed by atoms with Gasteiger partial charge in [-0.3, -0.25) is 13.9 Å². The number of amides is 2. The predicted molar refractivity (Wildman–Crippen MR) is 160 cm³/mol. The van der Waals surface area contributed by atoms with Gasteiger partial charge in [0.25, 0.3) is 15.9 Å². The molecule has 3 aromatic rings. The maximum absolute atomic E-state index is 13.9. The Balaban J connectivity index is 1.65. The largest absolute Gasteiger partial charge is 0.492 e. The van der Waals surface area contributed by atoms with Gasteiger partial charge in [0, 0.05) is 18.0 Å². The molecule has 40 heavy (non-hydrogen) atoms. The number of likely N-dealkylation sites (tertiary alicyclic amines) is 1. The molecule has 1 fully saturated rings. The molecule has 1 aliphatic rings. The van der Waals surface area contributed by atoms with Crippen LogP contribution in [0, 0.1) is 0 Å². The number of nitrogens with one attached hydrogen (secondary N) is 1. The highest BCUT2D eigenvalue weighted by molar-refractivity contribution is 7.98. The highest BCUT2D eigenvalue weighted by Gasteiger charge is 2.30. The van der Waals surface area contributed by atoms with Gasteiger partial charge in [-0.25, -0.2) is 8.42 Å². The van der Waals surface area contributed by atoms with Crippen molar-refractivity contribution >= 4 is 45.0 Å². The van der Waals surface area contributed by atoms with E-state index < -0.39 is 22.5 Å². The van der Waals surface area contributed by atoms with Crippen molar-refractivity contribution in [3.63, 3.8) is 0 Å². The normalized spacial score (nSPS) is 13.8. The summed E-state index contributed by atoms with van der Waals surface area (Å²) in [7, 11) is -4.15. The summed E-state index contributed by atoms with van der Waals surface area (Å²) in [6, 6.07) is 20.1. The molecule has 1 aliphatic heterocycles. The van der Waals surface area contributed by atoms with Gasteiger partial charge in [0.15, 0.2) is 0 Å². The predicted octanol–water partition coefficient (Wildman–Crippen LogP) is 5.66. The molecular weight excluding hydrogens is 546 g/mol. The molecule has 2 amide bonds. The summed E-state index contributed by atoms with van der Waals surface area (Å²) >= 11 is 1.51. The molecule has 212 valence electrons. The van der Waals surface area contributed by atoms with Crippen LogP contribution >= 0.6 is 11.8 Å². The molecular formula is C30H35N3O5S2. The molecule has 1 heterocycles. The molecule has 1 N–H and O–H groups in total. The lowest BCUT2D eigenvalue weighted by Gasteiger charge is -2.26. The quantitative estimate of drug-likeness (QED) is 0.311. The number of hydrogen-bond acceptors (Lipinski definition) is 6. The summed E-state index contributed by atoms with van der Waals surface area (Å²) in [4.78, 5) is 29.6. The van der Waals surface area contributed by atoms with Crippen molar-refractivity contribution < 1.29 is 22.7 Å². The minimum atomic E-state index is -4.15. The number of rotatable bonds is 10. The second-order valence-electron chi connectivity index (χ2n) is 9.39. The average Bonchev–Trinajstić information content (AvgIpc) is 3.26. The van der Waals surface area contributed by atoms with E-state index >= 15 is 0 Å². The lowest BCUT2D eigenvalue weighted by molar-refractivity contribution is -0.114. The number of carbonyl (C=O) groups excluding carboxylic acids is 2. The van der Waals surface area contributed by atoms with Crippen LogP contribution in [-0.2, 0) is 14.8 Å². The summed E-state index contributed by atoms with van der Waals surface area (Å²) in [5.41, 5.74) is 0.985. The molecule has 3 aromatic carbocycles. The Labute approximate surface area is 240 Å². The molecule has 0 aromatic heterocycles. The van der Waals surface area contributed by atoms with E-state index in [1.54, 1.807) is 60.7 Å². The zero-order valence-electron chi connectivity index (χ0n) is 22.8. The van der Waals surface area contributed by atoms with Crippen molar-refractivity contribution in [1.82, 2.24) is 4.90 Å². The monoisotopic (exact) mass is 581 g/mol. The van der Waals surface area contributed by atoms with Gasteiger partial charge in [0.1, 0.15) is 12.3 Å². The first-order chi connectivity index (χ1) is 19.3. The van der Waals surface area contributed by atoms with E-state index in [4.69, 9.17) is 4.74 Å². The fourth-order valence-electron chi connectivity index (χ4n) is 4.66. The van der Waals surface area contributed by atoms with Crippen LogP contribution in [0.4, 0.5) is 11.4 Å². The lowest BCUT2D eigenvalue weighted by atomic mass is 10.1. The highest BCUT2D eigenvalue weighted by Crippen LogP contribution is 2.33. The van der Waals surface area contributed by atoms with Crippen LogP contribution in [0.2, 0.25) is 0 Å². The third-order valence-corrected chi connectivity index (χ3v) is 9.21. The Morgan fingerprint density at radius 2 is 1.57 bits per heavy atom. The first-order valence-corrected chi connectivity index (χ1v) is 16.1. The molecule has 0 unspecified atom stereocenters. The summed E-state index contributed by atoms with van der Waals surface area (Å²) in [6.07, 6.45) is 5.99. The summed E-state index contributed by atoms with van der Waals surface area (Å²) < 4.78 is 34.6. The molecule has 1 saturated heterocycles. The highest BCUT2D eigenvalue weighted by atomic mass is 32.2. The average molecular weight is 582 g/mol. The van der Waals surface area contributed by atoms with E-state index in [2.05, 4.69) is 5.32 Å². The van der Waals surface area contributed by atoms with Gasteiger partial charge >= 0.3 is 0 Å². The summed E-state index contributed by atoms with van der Waals surface area (Å²) in [6.45, 7) is 2.98. The molecule has 0 atom stereocenters. The number of hydrogen-bond donors (Lipinski definition) is 1. The number of thioether (sulfide) groups is 1. The molecule has 0 radical (unpaired) electrons. The number of nitrogens with zero attached hydrogens (tertiary/aromatic N) is 2. The second-order valence-corrected chi connectivity index (χ2v) is 12.1. The summed E-state index contributed by atoms with van der Waals surface area (Å²) in [5.74, 6) is -0.372. The van der Waals surface area contributed by atoms with Crippen molar-refractivity contribution in [2.75, 3.05) is 42.1 Å². The van der Waals surface area contributed by atoms with E-state index in [0.717, 1.165) is 34.9 Å². The number of benzene rings is 3. The number of sulfonamides is 1. The fourth-order valence-corrected chi connectivity index (χ4v) is 6.50. The van der Waals surface area contributed by atoms with E-state index in [9.17, 15) is 18.0 Å². The summed E-state index contributed by atoms with van der Waals surface area (Å²) in [5, 5.41) is 2.80. The van der Waals surface area contributed by atoms with Crippen molar-refractivity contribution in [3.8, 4) is 5.75 Å². The van der Waals surface area contributed by atoms with Crippen LogP contribution in [-0.4, -0.2) is 57.6 Å². The van der Waals surface area contributed by atoms with Crippen LogP contribution in [0.25, 0.3) is 0 Å². The first-order valence-electron chi connectivity index (χ1n) is 13.4. The van der Waals surface area contributed by atoms with Gasteiger partial charge in [0.05, 0.1) is 28.4 Å². The molecule has 0 spiro atoms. The van der Waals surface area contributed by atoms with Gasteiger partial charge < -0.3 is 15.0 Å². The number of ether oxygens (including phenoxy) is 1. The maximum atomic E-state index is 13.9. The van der Waals surface area contributed by atoms with Gasteiger partial charge in [-0.2, -0.15) is 0 Å². The Bertz CT molecular complexity index is 1420. The Hall–Kier alpha value is -3.50. The van der Waals surface area contributed by atoms with E-state index in [-0.39, 0.29) is 16.5 Å². The number of anilines is 2. The van der Waals surface area contributed by atoms with Crippen LogP contribution in [0.5, 0.6) is 5.75 Å². The Kier molecular flexibility index (Phi) is 10.1. The van der Waals surface area contributed by atoms with E-state index in [1.807, 2.05) is 18.1 Å². The number of para-hydroxylation sites is 3. The minimum Gasteiger partial charge on any atom is -0.492 e.